The van der Waals surface area contributed by atoms with E-state index in [1.54, 1.807) is 56.4 Å². The number of nitrogens with one attached hydrogen (secondary N) is 2. The van der Waals surface area contributed by atoms with Crippen LogP contribution in [0.15, 0.2) is 63.9 Å². The minimum Gasteiger partial charge on any atom is -0.479 e. The molecule has 1 amide bonds. The smallest absolute Gasteiger partial charge is 0.336 e. The third kappa shape index (κ3) is 3.57. The second-order valence-electron chi connectivity index (χ2n) is 7.51. The SMILES string of the molecule is CC(=O)Nc1ccccc1N/C=C1\C(=O)C(C)(C)Oc2cc3ccc(=O)oc3cc21. The zero-order valence-electron chi connectivity index (χ0n) is 16.7. The van der Waals surface area contributed by atoms with Gasteiger partial charge in [-0.05, 0) is 44.2 Å². The van der Waals surface area contributed by atoms with Gasteiger partial charge in [0.15, 0.2) is 5.60 Å². The lowest BCUT2D eigenvalue weighted by Crippen LogP contribution is -2.42. The Bertz CT molecular complexity index is 1270. The molecule has 0 aliphatic carbocycles. The maximum atomic E-state index is 13.1. The van der Waals surface area contributed by atoms with Crippen LogP contribution in [-0.4, -0.2) is 17.3 Å². The lowest BCUT2D eigenvalue weighted by atomic mass is 9.88. The molecular weight excluding hydrogens is 384 g/mol. The van der Waals surface area contributed by atoms with Crippen LogP contribution in [0.25, 0.3) is 16.5 Å². The van der Waals surface area contributed by atoms with Gasteiger partial charge in [0.2, 0.25) is 11.7 Å². The number of hydrogen-bond donors (Lipinski definition) is 2. The number of Topliss-reactive ketones (excluding diaryl/α,β-unsaturated/α-hetero) is 1. The molecule has 0 radical (unpaired) electrons. The lowest BCUT2D eigenvalue weighted by Gasteiger charge is -2.32. The normalized spacial score (nSPS) is 16.1. The Morgan fingerprint density at radius 3 is 2.50 bits per heavy atom. The number of fused-ring (bicyclic) bond motifs is 2. The van der Waals surface area contributed by atoms with Gasteiger partial charge in [0.05, 0.1) is 11.4 Å². The minimum absolute atomic E-state index is 0.202. The van der Waals surface area contributed by atoms with Crippen LogP contribution in [0, 0.1) is 0 Å². The minimum atomic E-state index is -1.07. The Kier molecular flexibility index (Phi) is 4.66. The monoisotopic (exact) mass is 404 g/mol. The second kappa shape index (κ2) is 7.18. The topological polar surface area (TPSA) is 97.6 Å². The van der Waals surface area contributed by atoms with Crippen LogP contribution in [-0.2, 0) is 9.59 Å². The zero-order valence-corrected chi connectivity index (χ0v) is 16.7. The van der Waals surface area contributed by atoms with Crippen LogP contribution in [0.1, 0.15) is 26.3 Å². The number of carbonyl (C=O) groups excluding carboxylic acids is 2. The first kappa shape index (κ1) is 19.4. The maximum Gasteiger partial charge on any atom is 0.336 e. The molecule has 30 heavy (non-hydrogen) atoms. The highest BCUT2D eigenvalue weighted by atomic mass is 16.5. The first-order valence-electron chi connectivity index (χ1n) is 9.40. The standard InChI is InChI=1S/C23H20N2O5/c1-13(26)25-18-7-5-4-6-17(18)24-12-16-15-11-19-14(8-9-21(27)29-19)10-20(15)30-23(2,3)22(16)28/h4-12,24H,1-3H3,(H,25,26)/b16-12-. The van der Waals surface area contributed by atoms with Gasteiger partial charge in [0.25, 0.3) is 0 Å². The summed E-state index contributed by atoms with van der Waals surface area (Å²) in [6.45, 7) is 4.83. The fourth-order valence-corrected chi connectivity index (χ4v) is 3.36. The van der Waals surface area contributed by atoms with E-state index in [1.165, 1.54) is 13.0 Å². The Morgan fingerprint density at radius 1 is 1.03 bits per heavy atom. The summed E-state index contributed by atoms with van der Waals surface area (Å²) in [5.41, 5.74) is 0.941. The molecule has 0 fully saturated rings. The number of ketones is 1. The van der Waals surface area contributed by atoms with E-state index >= 15 is 0 Å². The molecule has 0 saturated heterocycles. The highest BCUT2D eigenvalue weighted by Gasteiger charge is 2.39. The van der Waals surface area contributed by atoms with Crippen LogP contribution in [0.2, 0.25) is 0 Å². The number of anilines is 2. The average molecular weight is 404 g/mol. The molecule has 3 aromatic rings. The number of benzene rings is 2. The van der Waals surface area contributed by atoms with E-state index in [9.17, 15) is 14.4 Å². The average Bonchev–Trinajstić information content (AvgIpc) is 2.68. The number of hydrogen-bond acceptors (Lipinski definition) is 6. The summed E-state index contributed by atoms with van der Waals surface area (Å²) in [6.07, 6.45) is 1.58. The third-order valence-corrected chi connectivity index (χ3v) is 4.78. The predicted molar refractivity (Wildman–Crippen MR) is 115 cm³/mol. The molecule has 1 aliphatic heterocycles. The molecule has 2 N–H and O–H groups in total. The van der Waals surface area contributed by atoms with E-state index in [2.05, 4.69) is 10.6 Å². The fourth-order valence-electron chi connectivity index (χ4n) is 3.36. The molecule has 0 unspecified atom stereocenters. The first-order valence-corrected chi connectivity index (χ1v) is 9.40. The molecule has 152 valence electrons. The molecule has 7 heteroatoms. The predicted octanol–water partition coefficient (Wildman–Crippen LogP) is 3.94. The van der Waals surface area contributed by atoms with Crippen LogP contribution in [0.4, 0.5) is 11.4 Å². The van der Waals surface area contributed by atoms with Gasteiger partial charge in [-0.1, -0.05) is 12.1 Å². The third-order valence-electron chi connectivity index (χ3n) is 4.78. The van der Waals surface area contributed by atoms with Crippen molar-refractivity contribution < 1.29 is 18.7 Å². The molecule has 7 nitrogen and oxygen atoms in total. The second-order valence-corrected chi connectivity index (χ2v) is 7.51. The summed E-state index contributed by atoms with van der Waals surface area (Å²) in [7, 11) is 0. The summed E-state index contributed by atoms with van der Waals surface area (Å²) in [5, 5.41) is 6.56. The molecule has 2 aromatic carbocycles. The van der Waals surface area contributed by atoms with E-state index in [-0.39, 0.29) is 11.7 Å². The molecule has 0 bridgehead atoms. The molecule has 1 aliphatic rings. The highest BCUT2D eigenvalue weighted by Crippen LogP contribution is 2.40. The van der Waals surface area contributed by atoms with Gasteiger partial charge in [0.1, 0.15) is 11.3 Å². The van der Waals surface area contributed by atoms with Gasteiger partial charge in [-0.25, -0.2) is 4.79 Å². The van der Waals surface area contributed by atoms with Gasteiger partial charge in [-0.15, -0.1) is 0 Å². The molecule has 1 aromatic heterocycles. The number of carbonyl (C=O) groups is 2. The van der Waals surface area contributed by atoms with Crippen molar-refractivity contribution in [3.63, 3.8) is 0 Å². The fraction of sp³-hybridized carbons (Fsp3) is 0.174. The molecular formula is C23H20N2O5. The number of amides is 1. The van der Waals surface area contributed by atoms with Gasteiger partial charge < -0.3 is 19.8 Å². The van der Waals surface area contributed by atoms with Crippen LogP contribution < -0.4 is 21.0 Å². The molecule has 2 heterocycles. The van der Waals surface area contributed by atoms with Gasteiger partial charge in [-0.2, -0.15) is 0 Å². The van der Waals surface area contributed by atoms with E-state index in [1.807, 2.05) is 6.07 Å². The summed E-state index contributed by atoms with van der Waals surface area (Å²) in [5.74, 6) is 0.0910. The Hall–Kier alpha value is -3.87. The van der Waals surface area contributed by atoms with E-state index in [0.717, 1.165) is 0 Å². The van der Waals surface area contributed by atoms with E-state index in [4.69, 9.17) is 9.15 Å². The Balaban J connectivity index is 1.82. The summed E-state index contributed by atoms with van der Waals surface area (Å²) in [6, 6.07) is 13.5. The summed E-state index contributed by atoms with van der Waals surface area (Å²) < 4.78 is 11.2. The number of rotatable bonds is 3. The highest BCUT2D eigenvalue weighted by molar-refractivity contribution is 6.27. The van der Waals surface area contributed by atoms with Crippen LogP contribution in [0.5, 0.6) is 5.75 Å². The Labute approximate surface area is 172 Å². The van der Waals surface area contributed by atoms with E-state index in [0.29, 0.717) is 39.2 Å². The molecule has 4 rings (SSSR count). The number of para-hydroxylation sites is 2. The van der Waals surface area contributed by atoms with Crippen molar-refractivity contribution in [1.82, 2.24) is 0 Å². The van der Waals surface area contributed by atoms with Crippen molar-refractivity contribution in [2.75, 3.05) is 10.6 Å². The van der Waals surface area contributed by atoms with Crippen molar-refractivity contribution >= 4 is 39.6 Å². The Morgan fingerprint density at radius 2 is 1.77 bits per heavy atom. The quantitative estimate of drug-likeness (QED) is 0.507. The van der Waals surface area contributed by atoms with Crippen molar-refractivity contribution in [1.29, 1.82) is 0 Å². The van der Waals surface area contributed by atoms with Gasteiger partial charge in [-0.3, -0.25) is 9.59 Å². The van der Waals surface area contributed by atoms with Crippen molar-refractivity contribution in [3.8, 4) is 5.75 Å². The summed E-state index contributed by atoms with van der Waals surface area (Å²) in [4.78, 5) is 36.2. The van der Waals surface area contributed by atoms with Crippen LogP contribution in [0.3, 0.4) is 0 Å². The maximum absolute atomic E-state index is 13.1. The van der Waals surface area contributed by atoms with Crippen molar-refractivity contribution in [3.05, 3.63) is 70.7 Å². The molecule has 0 atom stereocenters. The van der Waals surface area contributed by atoms with Gasteiger partial charge in [0, 0.05) is 35.7 Å². The largest absolute Gasteiger partial charge is 0.479 e. The first-order chi connectivity index (χ1) is 14.2. The van der Waals surface area contributed by atoms with Gasteiger partial charge >= 0.3 is 5.63 Å². The molecule has 0 saturated carbocycles. The summed E-state index contributed by atoms with van der Waals surface area (Å²) >= 11 is 0. The number of ether oxygens (including phenoxy) is 1. The molecule has 0 spiro atoms. The van der Waals surface area contributed by atoms with Crippen molar-refractivity contribution in [2.24, 2.45) is 0 Å². The lowest BCUT2D eigenvalue weighted by molar-refractivity contribution is -0.126. The van der Waals surface area contributed by atoms with Crippen molar-refractivity contribution in [2.45, 2.75) is 26.4 Å². The zero-order chi connectivity index (χ0) is 21.5. The van der Waals surface area contributed by atoms with E-state index < -0.39 is 11.2 Å². The van der Waals surface area contributed by atoms with Crippen LogP contribution >= 0.6 is 0 Å².